The molecule has 0 spiro atoms. The molecule has 2 N–H and O–H groups in total. The fraction of sp³-hybridized carbons (Fsp3) is 0.500. The Morgan fingerprint density at radius 3 is 2.00 bits per heavy atom. The van der Waals surface area contributed by atoms with Gasteiger partial charge in [-0.2, -0.15) is 0 Å². The molecule has 0 radical (unpaired) electrons. The van der Waals surface area contributed by atoms with Crippen LogP contribution in [0.2, 0.25) is 0 Å². The minimum Gasteiger partial charge on any atom is -0.497 e. The van der Waals surface area contributed by atoms with Gasteiger partial charge in [0.25, 0.3) is 5.91 Å². The van der Waals surface area contributed by atoms with E-state index in [-0.39, 0.29) is 23.8 Å². The average Bonchev–Trinajstić information content (AvgIpc) is 2.43. The summed E-state index contributed by atoms with van der Waals surface area (Å²) in [5.74, 6) is 0.257. The van der Waals surface area contributed by atoms with Gasteiger partial charge in [0.2, 0.25) is 5.91 Å². The summed E-state index contributed by atoms with van der Waals surface area (Å²) in [6, 6.07) is 6.26. The zero-order valence-corrected chi connectivity index (χ0v) is 13.3. The third kappa shape index (κ3) is 5.10. The second-order valence-corrected chi connectivity index (χ2v) is 5.59. The quantitative estimate of drug-likeness (QED) is 0.842. The van der Waals surface area contributed by atoms with Crippen molar-refractivity contribution in [3.63, 3.8) is 0 Å². The fourth-order valence-electron chi connectivity index (χ4n) is 1.88. The molecule has 5 nitrogen and oxygen atoms in total. The number of carbonyl (C=O) groups excluding carboxylic acids is 2. The fourth-order valence-corrected chi connectivity index (χ4v) is 1.88. The summed E-state index contributed by atoms with van der Waals surface area (Å²) in [4.78, 5) is 24.3. The molecule has 5 heteroatoms. The second kappa shape index (κ2) is 7.67. The predicted molar refractivity (Wildman–Crippen MR) is 82.4 cm³/mol. The molecule has 0 aliphatic rings. The largest absolute Gasteiger partial charge is 0.497 e. The Hall–Kier alpha value is -2.04. The van der Waals surface area contributed by atoms with Crippen LogP contribution in [0.15, 0.2) is 24.3 Å². The van der Waals surface area contributed by atoms with Gasteiger partial charge in [-0.05, 0) is 44.0 Å². The van der Waals surface area contributed by atoms with Gasteiger partial charge in [0, 0.05) is 11.6 Å². The number of carbonyl (C=O) groups is 2. The van der Waals surface area contributed by atoms with Crippen LogP contribution in [-0.2, 0) is 4.79 Å². The molecule has 2 amide bonds. The van der Waals surface area contributed by atoms with E-state index in [9.17, 15) is 9.59 Å². The van der Waals surface area contributed by atoms with Crippen LogP contribution in [0, 0.1) is 5.92 Å². The Labute approximate surface area is 126 Å². The first-order valence-corrected chi connectivity index (χ1v) is 7.10. The van der Waals surface area contributed by atoms with Gasteiger partial charge in [-0.25, -0.2) is 0 Å². The highest BCUT2D eigenvalue weighted by atomic mass is 16.5. The molecule has 21 heavy (non-hydrogen) atoms. The molecule has 1 rings (SSSR count). The lowest BCUT2D eigenvalue weighted by Gasteiger charge is -2.23. The lowest BCUT2D eigenvalue weighted by atomic mass is 10.0. The van der Waals surface area contributed by atoms with Crippen molar-refractivity contribution in [3.05, 3.63) is 29.8 Å². The van der Waals surface area contributed by atoms with Crippen molar-refractivity contribution >= 4 is 11.8 Å². The van der Waals surface area contributed by atoms with Crippen LogP contribution in [0.3, 0.4) is 0 Å². The van der Waals surface area contributed by atoms with Crippen molar-refractivity contribution in [1.29, 1.82) is 0 Å². The van der Waals surface area contributed by atoms with Gasteiger partial charge in [0.15, 0.2) is 0 Å². The van der Waals surface area contributed by atoms with E-state index in [0.717, 1.165) is 0 Å². The maximum atomic E-state index is 12.2. The second-order valence-electron chi connectivity index (χ2n) is 5.59. The maximum absolute atomic E-state index is 12.2. The van der Waals surface area contributed by atoms with Crippen molar-refractivity contribution < 1.29 is 14.3 Å². The van der Waals surface area contributed by atoms with E-state index in [1.54, 1.807) is 31.4 Å². The summed E-state index contributed by atoms with van der Waals surface area (Å²) in [5.41, 5.74) is 0.499. The Kier molecular flexibility index (Phi) is 6.21. The summed E-state index contributed by atoms with van der Waals surface area (Å²) < 4.78 is 5.05. The Morgan fingerprint density at radius 2 is 1.57 bits per heavy atom. The van der Waals surface area contributed by atoms with Crippen LogP contribution in [0.1, 0.15) is 38.1 Å². The maximum Gasteiger partial charge on any atom is 0.251 e. The zero-order chi connectivity index (χ0) is 16.0. The SMILES string of the molecule is COc1ccc(C(=O)N[C@@H](C(=O)NC(C)C)C(C)C)cc1. The standard InChI is InChI=1S/C16H24N2O3/c1-10(2)14(16(20)17-11(3)4)18-15(19)12-6-8-13(21-5)9-7-12/h6-11,14H,1-5H3,(H,17,20)(H,18,19)/t14-/m1/s1. The Morgan fingerprint density at radius 1 is 1.00 bits per heavy atom. The minimum absolute atomic E-state index is 0.00551. The van der Waals surface area contributed by atoms with E-state index in [1.807, 2.05) is 27.7 Å². The molecular weight excluding hydrogens is 268 g/mol. The van der Waals surface area contributed by atoms with E-state index in [1.165, 1.54) is 0 Å². The zero-order valence-electron chi connectivity index (χ0n) is 13.3. The van der Waals surface area contributed by atoms with Crippen LogP contribution in [0.25, 0.3) is 0 Å². The molecule has 0 saturated heterocycles. The number of amides is 2. The highest BCUT2D eigenvalue weighted by Gasteiger charge is 2.24. The number of methoxy groups -OCH3 is 1. The van der Waals surface area contributed by atoms with E-state index >= 15 is 0 Å². The van der Waals surface area contributed by atoms with E-state index < -0.39 is 6.04 Å². The van der Waals surface area contributed by atoms with E-state index in [4.69, 9.17) is 4.74 Å². The summed E-state index contributed by atoms with van der Waals surface area (Å²) in [5, 5.41) is 5.61. The predicted octanol–water partition coefficient (Wildman–Crippen LogP) is 1.97. The molecule has 0 aliphatic carbocycles. The summed E-state index contributed by atoms with van der Waals surface area (Å²) in [7, 11) is 1.57. The topological polar surface area (TPSA) is 67.4 Å². The van der Waals surface area contributed by atoms with Crippen molar-refractivity contribution in [2.75, 3.05) is 7.11 Å². The lowest BCUT2D eigenvalue weighted by Crippen LogP contribution is -2.51. The molecule has 116 valence electrons. The van der Waals surface area contributed by atoms with Crippen molar-refractivity contribution in [2.45, 2.75) is 39.8 Å². The molecule has 0 saturated carbocycles. The number of hydrogen-bond donors (Lipinski definition) is 2. The molecule has 0 unspecified atom stereocenters. The minimum atomic E-state index is -0.554. The highest BCUT2D eigenvalue weighted by molar-refractivity contribution is 5.97. The molecule has 1 aromatic rings. The van der Waals surface area contributed by atoms with Crippen molar-refractivity contribution in [3.8, 4) is 5.75 Å². The first-order chi connectivity index (χ1) is 9.85. The smallest absolute Gasteiger partial charge is 0.251 e. The van der Waals surface area contributed by atoms with Gasteiger partial charge in [-0.3, -0.25) is 9.59 Å². The van der Waals surface area contributed by atoms with Crippen LogP contribution >= 0.6 is 0 Å². The Balaban J connectivity index is 2.78. The normalized spacial score (nSPS) is 12.1. The van der Waals surface area contributed by atoms with Crippen LogP contribution in [0.4, 0.5) is 0 Å². The molecule has 0 aromatic heterocycles. The van der Waals surface area contributed by atoms with Gasteiger partial charge in [-0.15, -0.1) is 0 Å². The molecular formula is C16H24N2O3. The monoisotopic (exact) mass is 292 g/mol. The number of benzene rings is 1. The van der Waals surface area contributed by atoms with Crippen molar-refractivity contribution in [1.82, 2.24) is 10.6 Å². The van der Waals surface area contributed by atoms with Gasteiger partial charge in [0.1, 0.15) is 11.8 Å². The van der Waals surface area contributed by atoms with Gasteiger partial charge in [-0.1, -0.05) is 13.8 Å². The first kappa shape index (κ1) is 17.0. The highest BCUT2D eigenvalue weighted by Crippen LogP contribution is 2.12. The molecule has 1 atom stereocenters. The van der Waals surface area contributed by atoms with Crippen molar-refractivity contribution in [2.24, 2.45) is 5.92 Å². The number of ether oxygens (including phenoxy) is 1. The van der Waals surface area contributed by atoms with Gasteiger partial charge in [0.05, 0.1) is 7.11 Å². The van der Waals surface area contributed by atoms with Crippen LogP contribution in [0.5, 0.6) is 5.75 Å². The number of hydrogen-bond acceptors (Lipinski definition) is 3. The summed E-state index contributed by atoms with van der Waals surface area (Å²) in [6.45, 7) is 7.58. The molecule has 0 bridgehead atoms. The van der Waals surface area contributed by atoms with Crippen LogP contribution in [-0.4, -0.2) is 31.0 Å². The van der Waals surface area contributed by atoms with E-state index in [0.29, 0.717) is 11.3 Å². The average molecular weight is 292 g/mol. The third-order valence-electron chi connectivity index (χ3n) is 3.02. The Bertz CT molecular complexity index is 481. The van der Waals surface area contributed by atoms with Gasteiger partial charge < -0.3 is 15.4 Å². The summed E-state index contributed by atoms with van der Waals surface area (Å²) >= 11 is 0. The first-order valence-electron chi connectivity index (χ1n) is 7.10. The third-order valence-corrected chi connectivity index (χ3v) is 3.02. The summed E-state index contributed by atoms with van der Waals surface area (Å²) in [6.07, 6.45) is 0. The van der Waals surface area contributed by atoms with E-state index in [2.05, 4.69) is 10.6 Å². The van der Waals surface area contributed by atoms with Gasteiger partial charge >= 0.3 is 0 Å². The molecule has 0 fully saturated rings. The molecule has 1 aromatic carbocycles. The molecule has 0 heterocycles. The molecule has 0 aliphatic heterocycles. The lowest BCUT2D eigenvalue weighted by molar-refractivity contribution is -0.124. The number of nitrogens with one attached hydrogen (secondary N) is 2. The number of rotatable bonds is 6. The van der Waals surface area contributed by atoms with Crippen LogP contribution < -0.4 is 15.4 Å².